The quantitative estimate of drug-likeness (QED) is 0.615. The molecule has 0 N–H and O–H groups in total. The molecule has 0 aliphatic rings. The van der Waals surface area contributed by atoms with Crippen LogP contribution in [0.5, 0.6) is 5.75 Å². The summed E-state index contributed by atoms with van der Waals surface area (Å²) >= 11 is 3.26. The molecular formula is C10H8BrNO2. The second kappa shape index (κ2) is 5.40. The number of nitrogens with zero attached hydrogens (tertiary/aromatic N) is 1. The Balaban J connectivity index is 2.53. The van der Waals surface area contributed by atoms with Gasteiger partial charge in [0, 0.05) is 10.9 Å². The number of benzene rings is 1. The van der Waals surface area contributed by atoms with Crippen LogP contribution in [-0.4, -0.2) is 5.97 Å². The van der Waals surface area contributed by atoms with Crippen molar-refractivity contribution in [2.24, 2.45) is 0 Å². The molecule has 0 radical (unpaired) electrons. The summed E-state index contributed by atoms with van der Waals surface area (Å²) in [6.07, 6.45) is 0.315. The van der Waals surface area contributed by atoms with E-state index in [9.17, 15) is 4.79 Å². The fraction of sp³-hybridized carbons (Fsp3) is 0.200. The molecule has 1 aromatic carbocycles. The highest BCUT2D eigenvalue weighted by Gasteiger charge is 2.03. The third kappa shape index (κ3) is 3.58. The molecule has 0 saturated heterocycles. The van der Waals surface area contributed by atoms with E-state index in [1.807, 2.05) is 12.1 Å². The first-order valence-corrected chi connectivity index (χ1v) is 4.85. The van der Waals surface area contributed by atoms with Gasteiger partial charge in [-0.05, 0) is 18.2 Å². The number of carbonyl (C=O) groups excluding carboxylic acids is 1. The van der Waals surface area contributed by atoms with Crippen molar-refractivity contribution in [2.75, 3.05) is 0 Å². The minimum atomic E-state index is -0.385. The van der Waals surface area contributed by atoms with E-state index in [1.165, 1.54) is 0 Å². The average molecular weight is 254 g/mol. The topological polar surface area (TPSA) is 50.1 Å². The Morgan fingerprint density at radius 2 is 2.36 bits per heavy atom. The van der Waals surface area contributed by atoms with Gasteiger partial charge in [-0.15, -0.1) is 0 Å². The van der Waals surface area contributed by atoms with E-state index < -0.39 is 0 Å². The van der Waals surface area contributed by atoms with Crippen LogP contribution in [0.2, 0.25) is 0 Å². The molecule has 3 nitrogen and oxygen atoms in total. The van der Waals surface area contributed by atoms with Crippen LogP contribution < -0.4 is 4.74 Å². The number of carbonyl (C=O) groups is 1. The van der Waals surface area contributed by atoms with Gasteiger partial charge in [-0.25, -0.2) is 0 Å². The lowest BCUT2D eigenvalue weighted by atomic mass is 10.3. The van der Waals surface area contributed by atoms with Gasteiger partial charge in [-0.1, -0.05) is 22.0 Å². The summed E-state index contributed by atoms with van der Waals surface area (Å²) in [5, 5.41) is 8.26. The summed E-state index contributed by atoms with van der Waals surface area (Å²) in [5.41, 5.74) is 0. The van der Waals surface area contributed by atoms with Crippen LogP contribution in [0.4, 0.5) is 0 Å². The Morgan fingerprint density at radius 1 is 1.57 bits per heavy atom. The van der Waals surface area contributed by atoms with E-state index in [-0.39, 0.29) is 18.8 Å². The van der Waals surface area contributed by atoms with Crippen LogP contribution in [0.3, 0.4) is 0 Å². The SMILES string of the molecule is N#CCCC(=O)Oc1cccc(Br)c1. The molecule has 0 aromatic heterocycles. The molecular weight excluding hydrogens is 246 g/mol. The highest BCUT2D eigenvalue weighted by Crippen LogP contribution is 2.18. The first-order chi connectivity index (χ1) is 6.72. The molecule has 72 valence electrons. The van der Waals surface area contributed by atoms with Crippen LogP contribution >= 0.6 is 15.9 Å². The zero-order chi connectivity index (χ0) is 10.4. The predicted molar refractivity (Wildman–Crippen MR) is 54.6 cm³/mol. The second-order valence-corrected chi connectivity index (χ2v) is 3.51. The number of rotatable bonds is 3. The van der Waals surface area contributed by atoms with Crippen molar-refractivity contribution in [1.29, 1.82) is 5.26 Å². The van der Waals surface area contributed by atoms with Crippen LogP contribution in [-0.2, 0) is 4.79 Å². The molecule has 0 aliphatic carbocycles. The van der Waals surface area contributed by atoms with Gasteiger partial charge in [-0.3, -0.25) is 4.79 Å². The number of halogens is 1. The molecule has 0 bridgehead atoms. The number of hydrogen-bond donors (Lipinski definition) is 0. The fourth-order valence-corrected chi connectivity index (χ4v) is 1.25. The van der Waals surface area contributed by atoms with Crippen LogP contribution in [0, 0.1) is 11.3 Å². The molecule has 1 aromatic rings. The van der Waals surface area contributed by atoms with Gasteiger partial charge >= 0.3 is 5.97 Å². The zero-order valence-corrected chi connectivity index (χ0v) is 8.95. The van der Waals surface area contributed by atoms with Crippen molar-refractivity contribution in [2.45, 2.75) is 12.8 Å². The minimum absolute atomic E-state index is 0.128. The van der Waals surface area contributed by atoms with Gasteiger partial charge in [0.15, 0.2) is 0 Å². The lowest BCUT2D eigenvalue weighted by Crippen LogP contribution is -2.06. The first kappa shape index (κ1) is 10.7. The average Bonchev–Trinajstić information content (AvgIpc) is 2.15. The molecule has 0 unspecified atom stereocenters. The lowest BCUT2D eigenvalue weighted by molar-refractivity contribution is -0.134. The van der Waals surface area contributed by atoms with Gasteiger partial charge in [0.2, 0.25) is 0 Å². The smallest absolute Gasteiger partial charge is 0.312 e. The molecule has 0 atom stereocenters. The van der Waals surface area contributed by atoms with Crippen LogP contribution in [0.15, 0.2) is 28.7 Å². The van der Waals surface area contributed by atoms with E-state index in [1.54, 1.807) is 18.2 Å². The summed E-state index contributed by atoms with van der Waals surface area (Å²) in [6.45, 7) is 0. The maximum Gasteiger partial charge on any atom is 0.312 e. The van der Waals surface area contributed by atoms with Crippen molar-refractivity contribution in [3.8, 4) is 11.8 Å². The monoisotopic (exact) mass is 253 g/mol. The Labute approximate surface area is 90.4 Å². The summed E-state index contributed by atoms with van der Waals surface area (Å²) in [6, 6.07) is 8.89. The first-order valence-electron chi connectivity index (χ1n) is 4.05. The van der Waals surface area contributed by atoms with E-state index in [4.69, 9.17) is 10.00 Å². The Morgan fingerprint density at radius 3 is 3.00 bits per heavy atom. The molecule has 0 fully saturated rings. The molecule has 0 spiro atoms. The van der Waals surface area contributed by atoms with Crippen molar-refractivity contribution in [3.05, 3.63) is 28.7 Å². The van der Waals surface area contributed by atoms with E-state index in [0.717, 1.165) is 4.47 Å². The predicted octanol–water partition coefficient (Wildman–Crippen LogP) is 2.66. The molecule has 14 heavy (non-hydrogen) atoms. The van der Waals surface area contributed by atoms with E-state index in [0.29, 0.717) is 5.75 Å². The van der Waals surface area contributed by atoms with E-state index in [2.05, 4.69) is 15.9 Å². The maximum absolute atomic E-state index is 11.1. The summed E-state index contributed by atoms with van der Waals surface area (Å²) in [4.78, 5) is 11.1. The third-order valence-corrected chi connectivity index (χ3v) is 1.96. The van der Waals surface area contributed by atoms with Crippen LogP contribution in [0.1, 0.15) is 12.8 Å². The fourth-order valence-electron chi connectivity index (χ4n) is 0.871. The number of ether oxygens (including phenoxy) is 1. The van der Waals surface area contributed by atoms with Crippen molar-refractivity contribution in [3.63, 3.8) is 0 Å². The molecule has 0 aliphatic heterocycles. The molecule has 0 saturated carbocycles. The highest BCUT2D eigenvalue weighted by atomic mass is 79.9. The van der Waals surface area contributed by atoms with Crippen molar-refractivity contribution < 1.29 is 9.53 Å². The normalized spacial score (nSPS) is 9.14. The molecule has 4 heteroatoms. The van der Waals surface area contributed by atoms with Crippen LogP contribution in [0.25, 0.3) is 0 Å². The minimum Gasteiger partial charge on any atom is -0.426 e. The second-order valence-electron chi connectivity index (χ2n) is 2.59. The number of hydrogen-bond acceptors (Lipinski definition) is 3. The molecule has 1 rings (SSSR count). The summed E-state index contributed by atoms with van der Waals surface area (Å²) in [7, 11) is 0. The lowest BCUT2D eigenvalue weighted by Gasteiger charge is -2.02. The molecule has 0 heterocycles. The Hall–Kier alpha value is -1.34. The standard InChI is InChI=1S/C10H8BrNO2/c11-8-3-1-4-9(7-8)14-10(13)5-2-6-12/h1,3-4,7H,2,5H2. The third-order valence-electron chi connectivity index (χ3n) is 1.47. The van der Waals surface area contributed by atoms with E-state index >= 15 is 0 Å². The van der Waals surface area contributed by atoms with Crippen molar-refractivity contribution in [1.82, 2.24) is 0 Å². The highest BCUT2D eigenvalue weighted by molar-refractivity contribution is 9.10. The van der Waals surface area contributed by atoms with Gasteiger partial charge in [0.05, 0.1) is 12.5 Å². The zero-order valence-electron chi connectivity index (χ0n) is 7.37. The van der Waals surface area contributed by atoms with Gasteiger partial charge in [-0.2, -0.15) is 5.26 Å². The Kier molecular flexibility index (Phi) is 4.14. The maximum atomic E-state index is 11.1. The summed E-state index contributed by atoms with van der Waals surface area (Å²) < 4.78 is 5.83. The summed E-state index contributed by atoms with van der Waals surface area (Å²) in [5.74, 6) is 0.104. The van der Waals surface area contributed by atoms with Gasteiger partial charge in [0.1, 0.15) is 5.75 Å². The molecule has 0 amide bonds. The van der Waals surface area contributed by atoms with Crippen molar-refractivity contribution >= 4 is 21.9 Å². The Bertz CT molecular complexity index is 371. The largest absolute Gasteiger partial charge is 0.426 e. The van der Waals surface area contributed by atoms with Gasteiger partial charge in [0.25, 0.3) is 0 Å². The number of esters is 1. The number of nitriles is 1. The van der Waals surface area contributed by atoms with Gasteiger partial charge < -0.3 is 4.74 Å².